The Labute approximate surface area is 138 Å². The second kappa shape index (κ2) is 6.05. The first-order chi connectivity index (χ1) is 9.31. The highest BCUT2D eigenvalue weighted by Gasteiger charge is 2.39. The number of nitrogens with zero attached hydrogens (tertiary/aromatic N) is 1. The maximum absolute atomic E-state index is 12.5. The summed E-state index contributed by atoms with van der Waals surface area (Å²) in [7, 11) is 0. The number of benzene rings is 1. The van der Waals surface area contributed by atoms with E-state index in [1.807, 2.05) is 22.6 Å². The number of aliphatic hydroxyl groups excluding tert-OH is 1. The number of hydrogen-bond acceptors (Lipinski definition) is 3. The molecule has 1 heterocycles. The normalized spacial score (nSPS) is 22.1. The van der Waals surface area contributed by atoms with Gasteiger partial charge in [-0.05, 0) is 34.7 Å². The average Bonchev–Trinajstić information content (AvgIpc) is 2.75. The molecule has 0 aromatic heterocycles. The summed E-state index contributed by atoms with van der Waals surface area (Å²) in [5, 5.41) is 19.3. The van der Waals surface area contributed by atoms with Gasteiger partial charge in [-0.3, -0.25) is 4.79 Å². The van der Waals surface area contributed by atoms with E-state index >= 15 is 0 Å². The molecular weight excluding hydrogens is 420 g/mol. The lowest BCUT2D eigenvalue weighted by Crippen LogP contribution is -2.40. The second-order valence-electron chi connectivity index (χ2n) is 4.45. The maximum atomic E-state index is 12.5. The zero-order valence-electron chi connectivity index (χ0n) is 10.0. The van der Waals surface area contributed by atoms with Crippen LogP contribution in [0.5, 0.6) is 0 Å². The first-order valence-corrected chi connectivity index (χ1v) is 7.51. The Hall–Kier alpha value is -0.570. The van der Waals surface area contributed by atoms with Gasteiger partial charge in [-0.15, -0.1) is 0 Å². The van der Waals surface area contributed by atoms with Gasteiger partial charge in [0.15, 0.2) is 0 Å². The molecule has 0 bridgehead atoms. The van der Waals surface area contributed by atoms with Crippen LogP contribution in [-0.4, -0.2) is 45.7 Å². The van der Waals surface area contributed by atoms with Crippen LogP contribution >= 0.6 is 45.8 Å². The van der Waals surface area contributed by atoms with Gasteiger partial charge in [0.25, 0.3) is 5.91 Å². The minimum Gasteiger partial charge on any atom is -0.480 e. The molecule has 1 aliphatic rings. The van der Waals surface area contributed by atoms with Gasteiger partial charge < -0.3 is 15.1 Å². The highest BCUT2D eigenvalue weighted by molar-refractivity contribution is 14.1. The van der Waals surface area contributed by atoms with E-state index in [4.69, 9.17) is 28.3 Å². The fraction of sp³-hybridized carbons (Fsp3) is 0.333. The van der Waals surface area contributed by atoms with Gasteiger partial charge in [0, 0.05) is 21.6 Å². The molecule has 1 saturated heterocycles. The smallest absolute Gasteiger partial charge is 0.326 e. The molecule has 1 unspecified atom stereocenters. The molecule has 1 aromatic carbocycles. The molecule has 0 aliphatic carbocycles. The fourth-order valence-electron chi connectivity index (χ4n) is 2.14. The summed E-state index contributed by atoms with van der Waals surface area (Å²) in [6, 6.07) is 1.92. The van der Waals surface area contributed by atoms with Crippen molar-refractivity contribution in [3.8, 4) is 0 Å². The number of rotatable bonds is 2. The Balaban J connectivity index is 2.38. The zero-order chi connectivity index (χ0) is 15.0. The van der Waals surface area contributed by atoms with E-state index in [2.05, 4.69) is 0 Å². The topological polar surface area (TPSA) is 77.8 Å². The summed E-state index contributed by atoms with van der Waals surface area (Å²) in [4.78, 5) is 24.8. The average molecular weight is 430 g/mol. The Kier molecular flexibility index (Phi) is 4.78. The van der Waals surface area contributed by atoms with Crippen LogP contribution < -0.4 is 0 Å². The standard InChI is InChI=1S/C12H10Cl2INO4/c13-5-1-7(10(15)8(14)2-5)11(18)16-4-6(17)3-9(16)12(19)20/h1-2,6,9,17H,3-4H2,(H,19,20)/t6?,9-/m0/s1. The number of β-amino-alcohol motifs (C(OH)–C–C–N with tert-alkyl or cyclic N) is 1. The van der Waals surface area contributed by atoms with Crippen molar-refractivity contribution in [2.75, 3.05) is 6.54 Å². The lowest BCUT2D eigenvalue weighted by atomic mass is 10.1. The Bertz CT molecular complexity index is 581. The van der Waals surface area contributed by atoms with Crippen LogP contribution in [0.2, 0.25) is 10.0 Å². The quantitative estimate of drug-likeness (QED) is 0.558. The molecule has 1 aromatic rings. The van der Waals surface area contributed by atoms with Crippen LogP contribution in [0, 0.1) is 3.57 Å². The number of likely N-dealkylation sites (tertiary alicyclic amines) is 1. The minimum absolute atomic E-state index is 0.0178. The number of hydrogen-bond donors (Lipinski definition) is 2. The highest BCUT2D eigenvalue weighted by Crippen LogP contribution is 2.29. The molecule has 108 valence electrons. The van der Waals surface area contributed by atoms with E-state index in [0.717, 1.165) is 4.90 Å². The summed E-state index contributed by atoms with van der Waals surface area (Å²) in [5.74, 6) is -1.64. The predicted molar refractivity (Wildman–Crippen MR) is 82.3 cm³/mol. The van der Waals surface area contributed by atoms with Crippen molar-refractivity contribution in [2.24, 2.45) is 0 Å². The maximum Gasteiger partial charge on any atom is 0.326 e. The van der Waals surface area contributed by atoms with Crippen molar-refractivity contribution in [1.29, 1.82) is 0 Å². The van der Waals surface area contributed by atoms with Crippen molar-refractivity contribution in [3.05, 3.63) is 31.3 Å². The van der Waals surface area contributed by atoms with Gasteiger partial charge in [-0.25, -0.2) is 4.79 Å². The number of carbonyl (C=O) groups is 2. The number of aliphatic carboxylic acids is 1. The number of amides is 1. The van der Waals surface area contributed by atoms with Crippen LogP contribution in [0.25, 0.3) is 0 Å². The molecule has 2 N–H and O–H groups in total. The van der Waals surface area contributed by atoms with E-state index in [0.29, 0.717) is 13.6 Å². The number of carbonyl (C=O) groups excluding carboxylic acids is 1. The fourth-order valence-corrected chi connectivity index (χ4v) is 3.17. The van der Waals surface area contributed by atoms with E-state index in [-0.39, 0.29) is 18.5 Å². The second-order valence-corrected chi connectivity index (χ2v) is 6.37. The van der Waals surface area contributed by atoms with Gasteiger partial charge in [0.1, 0.15) is 6.04 Å². The monoisotopic (exact) mass is 429 g/mol. The Morgan fingerprint density at radius 1 is 1.35 bits per heavy atom. The van der Waals surface area contributed by atoms with Crippen LogP contribution in [0.4, 0.5) is 0 Å². The molecule has 0 saturated carbocycles. The summed E-state index contributed by atoms with van der Waals surface area (Å²) in [6.07, 6.45) is -0.821. The molecule has 1 fully saturated rings. The van der Waals surface area contributed by atoms with Crippen LogP contribution in [0.15, 0.2) is 12.1 Å². The molecule has 1 aliphatic heterocycles. The lowest BCUT2D eigenvalue weighted by molar-refractivity contribution is -0.141. The molecule has 5 nitrogen and oxygen atoms in total. The van der Waals surface area contributed by atoms with Crippen molar-refractivity contribution >= 4 is 57.7 Å². The Morgan fingerprint density at radius 2 is 2.00 bits per heavy atom. The van der Waals surface area contributed by atoms with Gasteiger partial charge in [-0.2, -0.15) is 0 Å². The minimum atomic E-state index is -1.14. The molecule has 2 rings (SSSR count). The zero-order valence-corrected chi connectivity index (χ0v) is 13.7. The van der Waals surface area contributed by atoms with Gasteiger partial charge >= 0.3 is 5.97 Å². The third kappa shape index (κ3) is 3.03. The predicted octanol–water partition coefficient (Wildman–Crippen LogP) is 2.26. The molecule has 1 amide bonds. The first kappa shape index (κ1) is 15.8. The molecule has 0 radical (unpaired) electrons. The van der Waals surface area contributed by atoms with Crippen molar-refractivity contribution in [2.45, 2.75) is 18.6 Å². The molecule has 8 heteroatoms. The summed E-state index contributed by atoms with van der Waals surface area (Å²) < 4.78 is 0.504. The number of halogens is 3. The lowest BCUT2D eigenvalue weighted by Gasteiger charge is -2.22. The summed E-state index contributed by atoms with van der Waals surface area (Å²) >= 11 is 13.8. The third-order valence-electron chi connectivity index (χ3n) is 3.05. The van der Waals surface area contributed by atoms with Crippen molar-refractivity contribution in [1.82, 2.24) is 4.90 Å². The number of aliphatic hydroxyl groups is 1. The van der Waals surface area contributed by atoms with Crippen LogP contribution in [0.3, 0.4) is 0 Å². The molecular formula is C12H10Cl2INO4. The summed E-state index contributed by atoms with van der Waals surface area (Å²) in [5.41, 5.74) is 0.239. The molecule has 20 heavy (non-hydrogen) atoms. The largest absolute Gasteiger partial charge is 0.480 e. The SMILES string of the molecule is O=C(O)[C@@H]1CC(O)CN1C(=O)c1cc(Cl)cc(Cl)c1I. The van der Waals surface area contributed by atoms with Crippen molar-refractivity contribution < 1.29 is 19.8 Å². The Morgan fingerprint density at radius 3 is 2.60 bits per heavy atom. The highest BCUT2D eigenvalue weighted by atomic mass is 127. The van der Waals surface area contributed by atoms with Crippen LogP contribution in [0.1, 0.15) is 16.8 Å². The van der Waals surface area contributed by atoms with Crippen molar-refractivity contribution in [3.63, 3.8) is 0 Å². The molecule has 2 atom stereocenters. The van der Waals surface area contributed by atoms with Gasteiger partial charge in [0.05, 0.1) is 16.7 Å². The number of carboxylic acids is 1. The van der Waals surface area contributed by atoms with Gasteiger partial charge in [0.2, 0.25) is 0 Å². The molecule has 0 spiro atoms. The third-order valence-corrected chi connectivity index (χ3v) is 5.05. The van der Waals surface area contributed by atoms with E-state index in [1.165, 1.54) is 12.1 Å². The van der Waals surface area contributed by atoms with E-state index in [9.17, 15) is 14.7 Å². The van der Waals surface area contributed by atoms with E-state index < -0.39 is 24.0 Å². The van der Waals surface area contributed by atoms with Crippen LogP contribution in [-0.2, 0) is 4.79 Å². The summed E-state index contributed by atoms with van der Waals surface area (Å²) in [6.45, 7) is -0.0178. The number of carboxylic acid groups (broad SMARTS) is 1. The van der Waals surface area contributed by atoms with E-state index in [1.54, 1.807) is 0 Å². The van der Waals surface area contributed by atoms with Gasteiger partial charge in [-0.1, -0.05) is 23.2 Å². The first-order valence-electron chi connectivity index (χ1n) is 5.67.